The molecule has 0 saturated heterocycles. The van der Waals surface area contributed by atoms with Gasteiger partial charge in [-0.1, -0.05) is 0 Å². The van der Waals surface area contributed by atoms with Gasteiger partial charge in [-0.3, -0.25) is 4.40 Å². The Morgan fingerprint density at radius 1 is 1.31 bits per heavy atom. The van der Waals surface area contributed by atoms with Crippen molar-refractivity contribution in [3.63, 3.8) is 0 Å². The molecule has 16 heavy (non-hydrogen) atoms. The molecule has 0 radical (unpaired) electrons. The quantitative estimate of drug-likeness (QED) is 0.645. The van der Waals surface area contributed by atoms with Crippen LogP contribution >= 0.6 is 22.6 Å². The van der Waals surface area contributed by atoms with Gasteiger partial charge in [-0.15, -0.1) is 0 Å². The second-order valence-corrected chi connectivity index (χ2v) is 4.70. The van der Waals surface area contributed by atoms with Crippen LogP contribution in [-0.2, 0) is 0 Å². The van der Waals surface area contributed by atoms with E-state index in [4.69, 9.17) is 0 Å². The highest BCUT2D eigenvalue weighted by atomic mass is 127. The maximum Gasteiger partial charge on any atom is 0.139 e. The summed E-state index contributed by atoms with van der Waals surface area (Å²) in [4.78, 5) is 8.46. The monoisotopic (exact) mass is 324 g/mol. The summed E-state index contributed by atoms with van der Waals surface area (Å²) < 4.78 is 5.21. The molecular weight excluding hydrogens is 315 g/mol. The minimum absolute atomic E-state index is 0.954. The number of rotatable bonds is 1. The maximum absolute atomic E-state index is 4.34. The summed E-state index contributed by atoms with van der Waals surface area (Å²) >= 11 is 2.27. The van der Waals surface area contributed by atoms with Crippen LogP contribution in [0.1, 0.15) is 5.69 Å². The first kappa shape index (κ1) is 9.83. The first-order valence-corrected chi connectivity index (χ1v) is 5.95. The molecule has 0 aromatic carbocycles. The lowest BCUT2D eigenvalue weighted by molar-refractivity contribution is 0.993. The number of aromatic nitrogens is 4. The average molecular weight is 324 g/mol. The third-order valence-electron chi connectivity index (χ3n) is 2.55. The zero-order valence-corrected chi connectivity index (χ0v) is 10.8. The summed E-state index contributed by atoms with van der Waals surface area (Å²) in [6.07, 6.45) is 7.55. The van der Waals surface area contributed by atoms with Crippen molar-refractivity contribution >= 4 is 28.2 Å². The van der Waals surface area contributed by atoms with E-state index in [-0.39, 0.29) is 0 Å². The molecule has 0 unspecified atom stereocenters. The SMILES string of the molecule is Cc1cncn1-c1ccn2c(I)cnc2c1. The second kappa shape index (κ2) is 3.58. The van der Waals surface area contributed by atoms with E-state index in [1.165, 1.54) is 0 Å². The molecule has 0 amide bonds. The number of hydrogen-bond donors (Lipinski definition) is 0. The highest BCUT2D eigenvalue weighted by Gasteiger charge is 2.04. The van der Waals surface area contributed by atoms with E-state index in [0.717, 1.165) is 20.7 Å². The molecule has 0 spiro atoms. The van der Waals surface area contributed by atoms with Gasteiger partial charge < -0.3 is 4.57 Å². The molecule has 0 bridgehead atoms. The minimum atomic E-state index is 0.954. The van der Waals surface area contributed by atoms with Gasteiger partial charge in [0.15, 0.2) is 0 Å². The fourth-order valence-electron chi connectivity index (χ4n) is 1.72. The van der Waals surface area contributed by atoms with E-state index < -0.39 is 0 Å². The van der Waals surface area contributed by atoms with Gasteiger partial charge >= 0.3 is 0 Å². The maximum atomic E-state index is 4.34. The predicted molar refractivity (Wildman–Crippen MR) is 69.8 cm³/mol. The Balaban J connectivity index is 2.23. The molecule has 0 aliphatic heterocycles. The summed E-state index contributed by atoms with van der Waals surface area (Å²) in [6.45, 7) is 2.03. The molecule has 3 heterocycles. The Hall–Kier alpha value is -1.37. The van der Waals surface area contributed by atoms with Crippen LogP contribution in [0.3, 0.4) is 0 Å². The van der Waals surface area contributed by atoms with Crippen molar-refractivity contribution in [1.82, 2.24) is 18.9 Å². The number of halogens is 1. The van der Waals surface area contributed by atoms with Gasteiger partial charge in [0, 0.05) is 24.2 Å². The highest BCUT2D eigenvalue weighted by Crippen LogP contribution is 2.15. The summed E-state index contributed by atoms with van der Waals surface area (Å²) in [5.74, 6) is 0. The number of hydrogen-bond acceptors (Lipinski definition) is 2. The van der Waals surface area contributed by atoms with Gasteiger partial charge in [-0.25, -0.2) is 9.97 Å². The molecule has 0 atom stereocenters. The van der Waals surface area contributed by atoms with E-state index in [2.05, 4.69) is 49.1 Å². The molecule has 4 nitrogen and oxygen atoms in total. The van der Waals surface area contributed by atoms with Crippen LogP contribution in [0, 0.1) is 10.6 Å². The van der Waals surface area contributed by atoms with Crippen molar-refractivity contribution in [2.45, 2.75) is 6.92 Å². The van der Waals surface area contributed by atoms with Crippen LogP contribution in [0.4, 0.5) is 0 Å². The van der Waals surface area contributed by atoms with Gasteiger partial charge in [0.2, 0.25) is 0 Å². The number of pyridine rings is 1. The number of imidazole rings is 2. The largest absolute Gasteiger partial charge is 0.303 e. The number of nitrogens with zero attached hydrogens (tertiary/aromatic N) is 4. The van der Waals surface area contributed by atoms with Crippen LogP contribution in [0.2, 0.25) is 0 Å². The lowest BCUT2D eigenvalue weighted by atomic mass is 10.3. The molecule has 0 saturated carbocycles. The van der Waals surface area contributed by atoms with Crippen LogP contribution in [0.25, 0.3) is 11.3 Å². The molecule has 3 rings (SSSR count). The summed E-state index contributed by atoms with van der Waals surface area (Å²) in [5.41, 5.74) is 3.16. The van der Waals surface area contributed by atoms with Gasteiger partial charge in [0.1, 0.15) is 9.35 Å². The van der Waals surface area contributed by atoms with E-state index in [1.54, 1.807) is 0 Å². The van der Waals surface area contributed by atoms with Gasteiger partial charge in [-0.2, -0.15) is 0 Å². The second-order valence-electron chi connectivity index (χ2n) is 3.60. The molecule has 80 valence electrons. The average Bonchev–Trinajstić information content (AvgIpc) is 2.86. The normalized spacial score (nSPS) is 11.1. The molecule has 0 aliphatic rings. The van der Waals surface area contributed by atoms with Crippen LogP contribution < -0.4 is 0 Å². The zero-order chi connectivity index (χ0) is 11.1. The number of aryl methyl sites for hydroxylation is 1. The summed E-state index contributed by atoms with van der Waals surface area (Å²) in [7, 11) is 0. The highest BCUT2D eigenvalue weighted by molar-refractivity contribution is 14.1. The Kier molecular flexibility index (Phi) is 2.20. The fraction of sp³-hybridized carbons (Fsp3) is 0.0909. The molecule has 3 aromatic rings. The third kappa shape index (κ3) is 1.42. The van der Waals surface area contributed by atoms with Gasteiger partial charge in [-0.05, 0) is 35.6 Å². The Bertz CT molecular complexity index is 653. The topological polar surface area (TPSA) is 35.1 Å². The van der Waals surface area contributed by atoms with Crippen molar-refractivity contribution in [2.24, 2.45) is 0 Å². The molecule has 0 N–H and O–H groups in total. The summed E-state index contributed by atoms with van der Waals surface area (Å²) in [6, 6.07) is 4.11. The predicted octanol–water partition coefficient (Wildman–Crippen LogP) is 2.43. The third-order valence-corrected chi connectivity index (χ3v) is 3.35. The van der Waals surface area contributed by atoms with E-state index in [9.17, 15) is 0 Å². The van der Waals surface area contributed by atoms with Crippen molar-refractivity contribution in [2.75, 3.05) is 0 Å². The standard InChI is InChI=1S/C11H9IN4/c1-8-5-13-7-16(8)9-2-3-15-10(12)6-14-11(15)4-9/h2-7H,1H3. The minimum Gasteiger partial charge on any atom is -0.303 e. The van der Waals surface area contributed by atoms with Crippen LogP contribution in [0.5, 0.6) is 0 Å². The molecule has 5 heteroatoms. The Morgan fingerprint density at radius 3 is 2.94 bits per heavy atom. The van der Waals surface area contributed by atoms with Gasteiger partial charge in [0.25, 0.3) is 0 Å². The molecule has 3 aromatic heterocycles. The molecular formula is C11H9IN4. The Morgan fingerprint density at radius 2 is 2.19 bits per heavy atom. The first-order chi connectivity index (χ1) is 7.75. The Labute approximate surface area is 106 Å². The summed E-state index contributed by atoms with van der Waals surface area (Å²) in [5, 5.41) is 0. The zero-order valence-electron chi connectivity index (χ0n) is 8.63. The fourth-order valence-corrected chi connectivity index (χ4v) is 2.27. The first-order valence-electron chi connectivity index (χ1n) is 4.87. The number of fused-ring (bicyclic) bond motifs is 1. The smallest absolute Gasteiger partial charge is 0.139 e. The van der Waals surface area contributed by atoms with Gasteiger partial charge in [0.05, 0.1) is 18.2 Å². The van der Waals surface area contributed by atoms with Crippen LogP contribution in [-0.4, -0.2) is 18.9 Å². The van der Waals surface area contributed by atoms with Crippen molar-refractivity contribution in [3.8, 4) is 5.69 Å². The van der Waals surface area contributed by atoms with Crippen molar-refractivity contribution in [3.05, 3.63) is 46.4 Å². The van der Waals surface area contributed by atoms with Crippen molar-refractivity contribution < 1.29 is 0 Å². The molecule has 0 fully saturated rings. The van der Waals surface area contributed by atoms with Crippen molar-refractivity contribution in [1.29, 1.82) is 0 Å². The van der Waals surface area contributed by atoms with E-state index in [1.807, 2.05) is 36.4 Å². The van der Waals surface area contributed by atoms with Crippen LogP contribution in [0.15, 0.2) is 37.1 Å². The van der Waals surface area contributed by atoms with E-state index in [0.29, 0.717) is 0 Å². The van der Waals surface area contributed by atoms with E-state index >= 15 is 0 Å². The molecule has 0 aliphatic carbocycles. The lowest BCUT2D eigenvalue weighted by Crippen LogP contribution is -1.96. The lowest BCUT2D eigenvalue weighted by Gasteiger charge is -2.05.